The fraction of sp³-hybridized carbons (Fsp3) is 0.606. The van der Waals surface area contributed by atoms with Crippen LogP contribution in [0.25, 0.3) is 0 Å². The molecule has 47 heavy (non-hydrogen) atoms. The molecule has 0 aromatic heterocycles. The third-order valence-electron chi connectivity index (χ3n) is 10.6. The van der Waals surface area contributed by atoms with Gasteiger partial charge in [0.05, 0.1) is 29.6 Å². The van der Waals surface area contributed by atoms with Crippen molar-refractivity contribution in [2.45, 2.75) is 101 Å². The predicted molar refractivity (Wildman–Crippen MR) is 164 cm³/mol. The maximum absolute atomic E-state index is 15.2. The van der Waals surface area contributed by atoms with Crippen LogP contribution in [0, 0.1) is 16.7 Å². The minimum atomic E-state index is -2.21. The highest BCUT2D eigenvalue weighted by Crippen LogP contribution is 2.64. The second-order valence-electron chi connectivity index (χ2n) is 13.5. The number of benzene rings is 1. The number of alkyl halides is 2. The summed E-state index contributed by atoms with van der Waals surface area (Å²) in [5.41, 5.74) is -7.00. The molecule has 14 heteroatoms. The first-order chi connectivity index (χ1) is 21.8. The van der Waals surface area contributed by atoms with E-state index in [0.29, 0.717) is 0 Å². The number of esters is 4. The van der Waals surface area contributed by atoms with Gasteiger partial charge in [-0.25, -0.2) is 9.59 Å². The molecule has 3 fully saturated rings. The van der Waals surface area contributed by atoms with Gasteiger partial charge in [0, 0.05) is 32.1 Å². The monoisotopic (exact) mass is 696 g/mol. The number of halogens is 2. The van der Waals surface area contributed by atoms with Crippen LogP contribution in [0.2, 0.25) is 0 Å². The molecule has 256 valence electrons. The fourth-order valence-electron chi connectivity index (χ4n) is 8.25. The summed E-state index contributed by atoms with van der Waals surface area (Å²) in [6, 6.07) is 7.91. The van der Waals surface area contributed by atoms with E-state index in [0.717, 1.165) is 13.8 Å². The lowest BCUT2D eigenvalue weighted by Crippen LogP contribution is -2.82. The van der Waals surface area contributed by atoms with Gasteiger partial charge in [-0.2, -0.15) is 0 Å². The Bertz CT molecular complexity index is 1520. The van der Waals surface area contributed by atoms with E-state index < -0.39 is 99.4 Å². The number of Topliss-reactive ketones (excluding diaryl/α,β-unsaturated/α-hetero) is 1. The Kier molecular flexibility index (Phi) is 9.11. The molecular weight excluding hydrogens is 659 g/mol. The lowest BCUT2D eigenvalue weighted by Gasteiger charge is -2.67. The molecule has 1 aliphatic heterocycles. The number of aliphatic hydroxyl groups is 2. The molecule has 0 unspecified atom stereocenters. The minimum absolute atomic E-state index is 0.0885. The second kappa shape index (κ2) is 12.1. The molecule has 9 atom stereocenters. The number of hydrogen-bond acceptors (Lipinski definition) is 12. The normalized spacial score (nSPS) is 37.3. The third-order valence-corrected chi connectivity index (χ3v) is 11.0. The molecular formula is C33H38Cl2O12. The summed E-state index contributed by atoms with van der Waals surface area (Å²) in [5, 5.41) is 24.5. The van der Waals surface area contributed by atoms with Gasteiger partial charge in [-0.1, -0.05) is 55.2 Å². The highest BCUT2D eigenvalue weighted by atomic mass is 35.5. The summed E-state index contributed by atoms with van der Waals surface area (Å²) in [7, 11) is 0. The Hall–Kier alpha value is -3.03. The van der Waals surface area contributed by atoms with Crippen LogP contribution in [0.1, 0.15) is 64.7 Å². The first-order valence-corrected chi connectivity index (χ1v) is 16.1. The molecule has 5 rings (SSSR count). The minimum Gasteiger partial charge on any atom is -0.459 e. The molecule has 1 heterocycles. The fourth-order valence-corrected chi connectivity index (χ4v) is 8.35. The van der Waals surface area contributed by atoms with Crippen molar-refractivity contribution in [1.82, 2.24) is 0 Å². The van der Waals surface area contributed by atoms with Gasteiger partial charge < -0.3 is 33.9 Å². The van der Waals surface area contributed by atoms with E-state index in [4.69, 9.17) is 46.9 Å². The van der Waals surface area contributed by atoms with E-state index >= 15 is 4.79 Å². The van der Waals surface area contributed by atoms with Gasteiger partial charge in [-0.3, -0.25) is 14.4 Å². The van der Waals surface area contributed by atoms with E-state index in [9.17, 15) is 29.4 Å². The Morgan fingerprint density at radius 3 is 2.17 bits per heavy atom. The second-order valence-corrected chi connectivity index (χ2v) is 14.6. The third kappa shape index (κ3) is 5.36. The van der Waals surface area contributed by atoms with Gasteiger partial charge in [-0.15, -0.1) is 0 Å². The molecule has 1 aromatic rings. The molecule has 3 aliphatic carbocycles. The van der Waals surface area contributed by atoms with Crippen LogP contribution in [0.3, 0.4) is 0 Å². The number of aliphatic hydroxyl groups excluding tert-OH is 1. The van der Waals surface area contributed by atoms with Gasteiger partial charge in [-0.05, 0) is 37.1 Å². The topological polar surface area (TPSA) is 172 Å². The Morgan fingerprint density at radius 1 is 1.00 bits per heavy atom. The highest BCUT2D eigenvalue weighted by Gasteiger charge is 2.79. The average molecular weight is 698 g/mol. The van der Waals surface area contributed by atoms with Crippen LogP contribution >= 0.6 is 23.2 Å². The Balaban J connectivity index is 1.87. The number of carbonyl (C=O) groups is 5. The van der Waals surface area contributed by atoms with Crippen molar-refractivity contribution in [2.24, 2.45) is 16.7 Å². The molecule has 2 bridgehead atoms. The van der Waals surface area contributed by atoms with Gasteiger partial charge in [0.1, 0.15) is 23.9 Å². The quantitative estimate of drug-likeness (QED) is 0.193. The number of ether oxygens (including phenoxy) is 5. The molecule has 1 aromatic carbocycles. The summed E-state index contributed by atoms with van der Waals surface area (Å²) < 4.78 is 29.6. The van der Waals surface area contributed by atoms with E-state index in [1.54, 1.807) is 39.0 Å². The van der Waals surface area contributed by atoms with E-state index in [2.05, 4.69) is 0 Å². The van der Waals surface area contributed by atoms with Crippen LogP contribution in [-0.2, 0) is 42.9 Å². The maximum atomic E-state index is 15.2. The lowest BCUT2D eigenvalue weighted by atomic mass is 9.44. The van der Waals surface area contributed by atoms with Crippen molar-refractivity contribution >= 4 is 52.9 Å². The first-order valence-electron chi connectivity index (χ1n) is 15.2. The molecule has 12 nitrogen and oxygen atoms in total. The van der Waals surface area contributed by atoms with Gasteiger partial charge in [0.25, 0.3) is 0 Å². The SMILES string of the molecule is CC(=O)O[C@H]1C(=O)[C@]2(C)[C@@H](OC(=O)C(Cl)Cl)C[C@H]3OC[C@@]3(OC(C)=O)[C@H]2[C@H](OC(=O)c2ccccc2)[C@]2(O)C[C@H](O)C(C)=C1C2(C)C. The first kappa shape index (κ1) is 35.3. The van der Waals surface area contributed by atoms with Crippen molar-refractivity contribution in [3.63, 3.8) is 0 Å². The van der Waals surface area contributed by atoms with Crippen LogP contribution in [-0.4, -0.2) is 93.0 Å². The molecule has 2 N–H and O–H groups in total. The highest BCUT2D eigenvalue weighted by molar-refractivity contribution is 6.52. The summed E-state index contributed by atoms with van der Waals surface area (Å²) in [5.74, 6) is -5.90. The molecule has 4 aliphatic rings. The smallest absolute Gasteiger partial charge is 0.339 e. The van der Waals surface area contributed by atoms with E-state index in [1.165, 1.54) is 19.1 Å². The van der Waals surface area contributed by atoms with E-state index in [1.807, 2.05) is 0 Å². The lowest BCUT2D eigenvalue weighted by molar-refractivity contribution is -0.346. The zero-order chi connectivity index (χ0) is 34.9. The number of fused-ring (bicyclic) bond motifs is 5. The van der Waals surface area contributed by atoms with Crippen LogP contribution < -0.4 is 0 Å². The van der Waals surface area contributed by atoms with E-state index in [-0.39, 0.29) is 29.7 Å². The molecule has 1 saturated heterocycles. The molecule has 2 saturated carbocycles. The van der Waals surface area contributed by atoms with Crippen molar-refractivity contribution in [2.75, 3.05) is 6.61 Å². The van der Waals surface area contributed by atoms with Crippen LogP contribution in [0.15, 0.2) is 41.5 Å². The van der Waals surface area contributed by atoms with Crippen molar-refractivity contribution in [1.29, 1.82) is 0 Å². The summed E-state index contributed by atoms with van der Waals surface area (Å²) >= 11 is 11.7. The van der Waals surface area contributed by atoms with Gasteiger partial charge in [0.15, 0.2) is 17.5 Å². The number of hydrogen-bond donors (Lipinski definition) is 2. The summed E-state index contributed by atoms with van der Waals surface area (Å²) in [4.78, 5) is 65.8. The molecule has 0 radical (unpaired) electrons. The Morgan fingerprint density at radius 2 is 1.64 bits per heavy atom. The zero-order valence-electron chi connectivity index (χ0n) is 26.8. The molecule has 0 spiro atoms. The van der Waals surface area contributed by atoms with Crippen LogP contribution in [0.5, 0.6) is 0 Å². The standard InChI is InChI=1S/C33H38Cl2O12/c1-15-19(38)13-33(42)26(46-28(40)18-10-8-7-9-11-18)24-31(6,25(39)23(44-16(2)36)22(15)30(33,4)5)20(45-29(41)27(34)35)12-21-32(24,14-43-21)47-17(3)37/h7-11,19-21,23-24,26-27,38,42H,12-14H2,1-6H3/t19-,20-,21+,23+,24-,26-,31+,32-,33+/m0/s1. The van der Waals surface area contributed by atoms with Gasteiger partial charge >= 0.3 is 23.9 Å². The zero-order valence-corrected chi connectivity index (χ0v) is 28.3. The average Bonchev–Trinajstić information content (AvgIpc) is 2.98. The van der Waals surface area contributed by atoms with Crippen LogP contribution in [0.4, 0.5) is 0 Å². The molecule has 0 amide bonds. The van der Waals surface area contributed by atoms with Gasteiger partial charge in [0.2, 0.25) is 4.84 Å². The largest absolute Gasteiger partial charge is 0.459 e. The number of carbonyl (C=O) groups excluding carboxylic acids is 5. The summed E-state index contributed by atoms with van der Waals surface area (Å²) in [6.45, 7) is 8.13. The predicted octanol–water partition coefficient (Wildman–Crippen LogP) is 3.01. The number of ketones is 1. The summed E-state index contributed by atoms with van der Waals surface area (Å²) in [6.07, 6.45) is -7.84. The number of rotatable bonds is 6. The van der Waals surface area contributed by atoms with Crippen molar-refractivity contribution in [3.05, 3.63) is 47.0 Å². The Labute approximate surface area is 281 Å². The van der Waals surface area contributed by atoms with Crippen molar-refractivity contribution in [3.8, 4) is 0 Å². The maximum Gasteiger partial charge on any atom is 0.339 e. The van der Waals surface area contributed by atoms with Crippen molar-refractivity contribution < 1.29 is 57.9 Å².